The molecule has 0 amide bonds. The van der Waals surface area contributed by atoms with Crippen molar-refractivity contribution in [3.05, 3.63) is 94.5 Å². The van der Waals surface area contributed by atoms with Gasteiger partial charge >= 0.3 is 5.97 Å². The topological polar surface area (TPSA) is 166 Å². The average Bonchev–Trinajstić information content (AvgIpc) is 3.40. The van der Waals surface area contributed by atoms with Gasteiger partial charge in [0.1, 0.15) is 58.2 Å². The van der Waals surface area contributed by atoms with Crippen LogP contribution in [0.15, 0.2) is 66.7 Å². The Morgan fingerprint density at radius 2 is 1.35 bits per heavy atom. The van der Waals surface area contributed by atoms with Crippen LogP contribution >= 0.6 is 0 Å². The van der Waals surface area contributed by atoms with E-state index >= 15 is 0 Å². The maximum atomic E-state index is 14.0. The molecule has 0 saturated heterocycles. The van der Waals surface area contributed by atoms with Crippen molar-refractivity contribution in [3.63, 3.8) is 0 Å². The lowest BCUT2D eigenvalue weighted by molar-refractivity contribution is -0.139. The number of hydrogen-bond donors (Lipinski definition) is 6. The Bertz CT molecular complexity index is 1700. The number of esters is 1. The predicted molar refractivity (Wildman–Crippen MR) is 137 cm³/mol. The number of hydrogen-bond acceptors (Lipinski definition) is 10. The first-order chi connectivity index (χ1) is 19.2. The summed E-state index contributed by atoms with van der Waals surface area (Å²) in [5.74, 6) is -1.67. The highest BCUT2D eigenvalue weighted by atomic mass is 16.6. The molecule has 0 aliphatic carbocycles. The molecular formula is C30H22O10. The van der Waals surface area contributed by atoms with E-state index in [1.54, 1.807) is 24.3 Å². The molecule has 6 N–H and O–H groups in total. The summed E-state index contributed by atoms with van der Waals surface area (Å²) in [6, 6.07) is 15.7. The van der Waals surface area contributed by atoms with Crippen molar-refractivity contribution >= 4 is 5.97 Å². The second kappa shape index (κ2) is 8.20. The molecule has 0 unspecified atom stereocenters. The van der Waals surface area contributed by atoms with Crippen LogP contribution in [0.3, 0.4) is 0 Å². The van der Waals surface area contributed by atoms with Crippen molar-refractivity contribution in [2.45, 2.75) is 30.1 Å². The number of fused-ring (bicyclic) bond motifs is 6. The summed E-state index contributed by atoms with van der Waals surface area (Å²) >= 11 is 0. The first kappa shape index (κ1) is 24.0. The molecule has 0 radical (unpaired) electrons. The number of aliphatic hydroxyl groups is 1. The van der Waals surface area contributed by atoms with Gasteiger partial charge in [0, 0.05) is 30.2 Å². The number of phenols is 5. The van der Waals surface area contributed by atoms with Crippen molar-refractivity contribution in [2.24, 2.45) is 0 Å². The third kappa shape index (κ3) is 3.16. The lowest BCUT2D eigenvalue weighted by Gasteiger charge is -2.35. The zero-order valence-electron chi connectivity index (χ0n) is 20.6. The summed E-state index contributed by atoms with van der Waals surface area (Å²) < 4.78 is 18.3. The largest absolute Gasteiger partial charge is 0.508 e. The molecule has 4 aromatic rings. The molecule has 3 heterocycles. The number of ether oxygens (including phenoxy) is 3. The van der Waals surface area contributed by atoms with Gasteiger partial charge in [-0.2, -0.15) is 0 Å². The predicted octanol–water partition coefficient (Wildman–Crippen LogP) is 3.59. The zero-order valence-corrected chi connectivity index (χ0v) is 20.6. The van der Waals surface area contributed by atoms with Crippen molar-refractivity contribution in [1.82, 2.24) is 0 Å². The number of benzene rings is 4. The number of aromatic hydroxyl groups is 5. The molecule has 3 aliphatic heterocycles. The van der Waals surface area contributed by atoms with Crippen LogP contribution in [0.1, 0.15) is 40.0 Å². The standard InChI is InChI=1S/C30H22O10/c31-15-5-1-13(2-6-15)26-21(36)11-18-19(34)12-23-25(27(18)40-26)30(29(37)39-23)24-20(35)9-17(33)10-22(24)38-28(30)14-3-7-16(32)8-4-14/h1-10,12,21,26,28,31-36H,11H2/t21-,26+,28-,30+/m0/s1. The molecule has 0 aromatic heterocycles. The van der Waals surface area contributed by atoms with Gasteiger partial charge in [0.2, 0.25) is 0 Å². The fourth-order valence-corrected chi connectivity index (χ4v) is 6.06. The van der Waals surface area contributed by atoms with Crippen LogP contribution in [-0.4, -0.2) is 42.7 Å². The summed E-state index contributed by atoms with van der Waals surface area (Å²) in [5.41, 5.74) is -0.410. The smallest absolute Gasteiger partial charge is 0.331 e. The van der Waals surface area contributed by atoms with Crippen LogP contribution < -0.4 is 14.2 Å². The fourth-order valence-electron chi connectivity index (χ4n) is 6.06. The monoisotopic (exact) mass is 542 g/mol. The first-order valence-corrected chi connectivity index (χ1v) is 12.5. The number of phenolic OH excluding ortho intramolecular Hbond substituents is 5. The van der Waals surface area contributed by atoms with E-state index in [0.717, 1.165) is 6.07 Å². The highest BCUT2D eigenvalue weighted by Gasteiger charge is 2.66. The van der Waals surface area contributed by atoms with Crippen LogP contribution in [0.5, 0.6) is 46.0 Å². The van der Waals surface area contributed by atoms with Gasteiger partial charge in [-0.05, 0) is 35.4 Å². The number of carbonyl (C=O) groups is 1. The van der Waals surface area contributed by atoms with Crippen molar-refractivity contribution in [2.75, 3.05) is 0 Å². The van der Waals surface area contributed by atoms with Gasteiger partial charge in [-0.25, -0.2) is 0 Å². The molecule has 1 spiro atoms. The second-order valence-electron chi connectivity index (χ2n) is 10.1. The number of rotatable bonds is 2. The van der Waals surface area contributed by atoms with Crippen LogP contribution in [0.2, 0.25) is 0 Å². The van der Waals surface area contributed by atoms with E-state index < -0.39 is 35.4 Å². The van der Waals surface area contributed by atoms with E-state index in [0.29, 0.717) is 11.1 Å². The lowest BCUT2D eigenvalue weighted by atomic mass is 9.69. The summed E-state index contributed by atoms with van der Waals surface area (Å²) in [6.45, 7) is 0. The van der Waals surface area contributed by atoms with E-state index in [-0.39, 0.29) is 63.4 Å². The molecule has 7 rings (SSSR count). The normalized spacial score (nSPS) is 24.0. The van der Waals surface area contributed by atoms with Crippen molar-refractivity contribution < 1.29 is 49.6 Å². The fraction of sp³-hybridized carbons (Fsp3) is 0.167. The first-order valence-electron chi connectivity index (χ1n) is 12.5. The third-order valence-electron chi connectivity index (χ3n) is 7.77. The van der Waals surface area contributed by atoms with Crippen molar-refractivity contribution in [1.29, 1.82) is 0 Å². The number of carbonyl (C=O) groups excluding carboxylic acids is 1. The maximum absolute atomic E-state index is 14.0. The zero-order chi connectivity index (χ0) is 27.9. The minimum atomic E-state index is -1.85. The molecule has 10 heteroatoms. The second-order valence-corrected chi connectivity index (χ2v) is 10.1. The van der Waals surface area contributed by atoms with E-state index in [9.17, 15) is 35.4 Å². The van der Waals surface area contributed by atoms with Crippen LogP contribution in [0.4, 0.5) is 0 Å². The maximum Gasteiger partial charge on any atom is 0.331 e. The molecule has 10 nitrogen and oxygen atoms in total. The summed E-state index contributed by atoms with van der Waals surface area (Å²) in [7, 11) is 0. The molecule has 202 valence electrons. The van der Waals surface area contributed by atoms with Gasteiger partial charge < -0.3 is 44.8 Å². The summed E-state index contributed by atoms with van der Waals surface area (Å²) in [5, 5.41) is 62.8. The van der Waals surface area contributed by atoms with Crippen LogP contribution in [0.25, 0.3) is 0 Å². The van der Waals surface area contributed by atoms with E-state index in [2.05, 4.69) is 0 Å². The highest BCUT2D eigenvalue weighted by Crippen LogP contribution is 2.66. The molecule has 3 aliphatic rings. The molecular weight excluding hydrogens is 520 g/mol. The minimum Gasteiger partial charge on any atom is -0.508 e. The van der Waals surface area contributed by atoms with Gasteiger partial charge in [0.05, 0.1) is 17.2 Å². The molecule has 4 atom stereocenters. The Labute approximate surface area is 226 Å². The van der Waals surface area contributed by atoms with Gasteiger partial charge in [-0.3, -0.25) is 4.79 Å². The average molecular weight is 542 g/mol. The Hall–Kier alpha value is -5.09. The van der Waals surface area contributed by atoms with Gasteiger partial charge in [0.25, 0.3) is 0 Å². The molecule has 0 fully saturated rings. The van der Waals surface area contributed by atoms with E-state index in [4.69, 9.17) is 14.2 Å². The van der Waals surface area contributed by atoms with Gasteiger partial charge in [-0.1, -0.05) is 24.3 Å². The van der Waals surface area contributed by atoms with E-state index in [1.165, 1.54) is 36.4 Å². The van der Waals surface area contributed by atoms with Gasteiger partial charge in [-0.15, -0.1) is 0 Å². The Kier molecular flexibility index (Phi) is 4.92. The SMILES string of the molecule is O=C1Oc2cc(O)c3c(c2[C@@]12c1c(O)cc(O)cc1O[C@H]2c1ccc(O)cc1)O[C@H](c1ccc(O)cc1)[C@@H](O)C3. The Morgan fingerprint density at radius 1 is 0.700 bits per heavy atom. The lowest BCUT2D eigenvalue weighted by Crippen LogP contribution is -2.40. The van der Waals surface area contributed by atoms with Crippen LogP contribution in [-0.2, 0) is 16.6 Å². The minimum absolute atomic E-state index is 0.0143. The number of aliphatic hydroxyl groups excluding tert-OH is 1. The molecule has 4 aromatic carbocycles. The molecule has 0 bridgehead atoms. The molecule has 0 saturated carbocycles. The summed E-state index contributed by atoms with van der Waals surface area (Å²) in [4.78, 5) is 14.0. The van der Waals surface area contributed by atoms with Gasteiger partial charge in [0.15, 0.2) is 5.41 Å². The van der Waals surface area contributed by atoms with Crippen LogP contribution in [0, 0.1) is 0 Å². The quantitative estimate of drug-likeness (QED) is 0.163. The third-order valence-corrected chi connectivity index (χ3v) is 7.77. The van der Waals surface area contributed by atoms with E-state index in [1.807, 2.05) is 0 Å². The Balaban J connectivity index is 1.51. The molecule has 40 heavy (non-hydrogen) atoms. The Morgan fingerprint density at radius 3 is 2.02 bits per heavy atom. The summed E-state index contributed by atoms with van der Waals surface area (Å²) in [6.07, 6.45) is -3.20. The highest BCUT2D eigenvalue weighted by molar-refractivity contribution is 6.00. The van der Waals surface area contributed by atoms with Crippen molar-refractivity contribution in [3.8, 4) is 46.0 Å².